The zero-order chi connectivity index (χ0) is 14.1. The summed E-state index contributed by atoms with van der Waals surface area (Å²) in [5, 5.41) is 3.18. The molecule has 7 heteroatoms. The van der Waals surface area contributed by atoms with E-state index in [1.54, 1.807) is 30.5 Å². The number of hydrogen-bond acceptors (Lipinski definition) is 5. The third kappa shape index (κ3) is 2.35. The highest BCUT2D eigenvalue weighted by molar-refractivity contribution is 7.15. The van der Waals surface area contributed by atoms with E-state index < -0.39 is 5.76 Å². The monoisotopic (exact) mass is 289 g/mol. The summed E-state index contributed by atoms with van der Waals surface area (Å²) in [6, 6.07) is 6.99. The van der Waals surface area contributed by atoms with Crippen LogP contribution >= 0.6 is 11.3 Å². The van der Waals surface area contributed by atoms with Gasteiger partial charge in [-0.3, -0.25) is 9.36 Å². The Hall–Kier alpha value is -2.41. The number of anilines is 1. The summed E-state index contributed by atoms with van der Waals surface area (Å²) in [6.07, 6.45) is 1.68. The van der Waals surface area contributed by atoms with E-state index in [4.69, 9.17) is 4.42 Å². The van der Waals surface area contributed by atoms with Gasteiger partial charge in [0.25, 0.3) is 0 Å². The van der Waals surface area contributed by atoms with Crippen LogP contribution in [0.1, 0.15) is 4.88 Å². The van der Waals surface area contributed by atoms with Crippen LogP contribution in [0, 0.1) is 6.92 Å². The lowest BCUT2D eigenvalue weighted by molar-refractivity contribution is -0.116. The molecule has 6 nitrogen and oxygen atoms in total. The largest absolute Gasteiger partial charge is 0.420 e. The van der Waals surface area contributed by atoms with E-state index in [1.165, 1.54) is 15.9 Å². The van der Waals surface area contributed by atoms with Gasteiger partial charge in [-0.15, -0.1) is 11.3 Å². The van der Waals surface area contributed by atoms with Gasteiger partial charge in [0.2, 0.25) is 5.91 Å². The molecule has 3 rings (SSSR count). The number of oxazole rings is 1. The number of fused-ring (bicyclic) bond motifs is 1. The van der Waals surface area contributed by atoms with E-state index in [0.29, 0.717) is 16.2 Å². The summed E-state index contributed by atoms with van der Waals surface area (Å²) in [6.45, 7) is 1.80. The molecule has 0 radical (unpaired) electrons. The first kappa shape index (κ1) is 12.6. The SMILES string of the molecule is Cc1cnc(NC(=O)Cn2c(=O)oc3ccccc32)s1. The molecule has 0 bridgehead atoms. The van der Waals surface area contributed by atoms with E-state index in [0.717, 1.165) is 4.88 Å². The number of aromatic nitrogens is 2. The number of nitrogens with zero attached hydrogens (tertiary/aromatic N) is 2. The van der Waals surface area contributed by atoms with Crippen LogP contribution in [0.5, 0.6) is 0 Å². The zero-order valence-electron chi connectivity index (χ0n) is 10.6. The summed E-state index contributed by atoms with van der Waals surface area (Å²) in [5.74, 6) is -0.857. The van der Waals surface area contributed by atoms with Crippen LogP contribution in [0.15, 0.2) is 39.7 Å². The number of aryl methyl sites for hydroxylation is 1. The van der Waals surface area contributed by atoms with Gasteiger partial charge >= 0.3 is 5.76 Å². The third-order valence-corrected chi connectivity index (χ3v) is 3.57. The van der Waals surface area contributed by atoms with Crippen LogP contribution in [0.3, 0.4) is 0 Å². The Morgan fingerprint density at radius 1 is 1.45 bits per heavy atom. The minimum Gasteiger partial charge on any atom is -0.408 e. The molecular weight excluding hydrogens is 278 g/mol. The molecule has 3 aromatic rings. The predicted molar refractivity (Wildman–Crippen MR) is 76.0 cm³/mol. The summed E-state index contributed by atoms with van der Waals surface area (Å²) >= 11 is 1.38. The summed E-state index contributed by atoms with van der Waals surface area (Å²) < 4.78 is 6.37. The molecular formula is C13H11N3O3S. The molecule has 0 saturated carbocycles. The van der Waals surface area contributed by atoms with E-state index in [1.807, 2.05) is 6.92 Å². The number of para-hydroxylation sites is 2. The van der Waals surface area contributed by atoms with Crippen LogP contribution < -0.4 is 11.1 Å². The maximum absolute atomic E-state index is 11.9. The van der Waals surface area contributed by atoms with Gasteiger partial charge in [-0.2, -0.15) is 0 Å². The minimum absolute atomic E-state index is 0.103. The van der Waals surface area contributed by atoms with E-state index in [-0.39, 0.29) is 12.5 Å². The maximum atomic E-state index is 11.9. The summed E-state index contributed by atoms with van der Waals surface area (Å²) in [4.78, 5) is 28.7. The Morgan fingerprint density at radius 2 is 2.25 bits per heavy atom. The number of benzene rings is 1. The standard InChI is InChI=1S/C13H11N3O3S/c1-8-6-14-12(20-8)15-11(17)7-16-9-4-2-3-5-10(9)19-13(16)18/h2-6H,7H2,1H3,(H,14,15,17). The van der Waals surface area contributed by atoms with Crippen molar-refractivity contribution in [2.75, 3.05) is 5.32 Å². The molecule has 0 saturated heterocycles. The fourth-order valence-electron chi connectivity index (χ4n) is 1.88. The topological polar surface area (TPSA) is 77.1 Å². The van der Waals surface area contributed by atoms with Gasteiger partial charge in [0.1, 0.15) is 6.54 Å². The lowest BCUT2D eigenvalue weighted by Crippen LogP contribution is -2.24. The van der Waals surface area contributed by atoms with Crippen molar-refractivity contribution >= 4 is 33.5 Å². The van der Waals surface area contributed by atoms with Gasteiger partial charge in [-0.25, -0.2) is 9.78 Å². The lowest BCUT2D eigenvalue weighted by Gasteiger charge is -2.02. The van der Waals surface area contributed by atoms with Crippen molar-refractivity contribution in [1.29, 1.82) is 0 Å². The lowest BCUT2D eigenvalue weighted by atomic mass is 10.3. The van der Waals surface area contributed by atoms with Crippen molar-refractivity contribution in [2.45, 2.75) is 13.5 Å². The Balaban J connectivity index is 1.84. The molecule has 0 aliphatic carbocycles. The Bertz CT molecular complexity index is 831. The number of rotatable bonds is 3. The molecule has 20 heavy (non-hydrogen) atoms. The van der Waals surface area contributed by atoms with Crippen LogP contribution in [0.4, 0.5) is 5.13 Å². The van der Waals surface area contributed by atoms with Crippen LogP contribution in [0.25, 0.3) is 11.1 Å². The molecule has 0 aliphatic rings. The number of amides is 1. The molecule has 2 heterocycles. The second-order valence-corrected chi connectivity index (χ2v) is 5.48. The fourth-order valence-corrected chi connectivity index (χ4v) is 2.56. The zero-order valence-corrected chi connectivity index (χ0v) is 11.4. The summed E-state index contributed by atoms with van der Waals surface area (Å²) in [7, 11) is 0. The van der Waals surface area contributed by atoms with Crippen molar-refractivity contribution in [2.24, 2.45) is 0 Å². The average Bonchev–Trinajstić information content (AvgIpc) is 2.94. The number of carbonyl (C=O) groups excluding carboxylic acids is 1. The second-order valence-electron chi connectivity index (χ2n) is 4.25. The predicted octanol–water partition coefficient (Wildman–Crippen LogP) is 2.00. The van der Waals surface area contributed by atoms with Crippen molar-refractivity contribution < 1.29 is 9.21 Å². The van der Waals surface area contributed by atoms with Crippen LogP contribution in [-0.2, 0) is 11.3 Å². The average molecular weight is 289 g/mol. The number of carbonyl (C=O) groups is 1. The Morgan fingerprint density at radius 3 is 3.00 bits per heavy atom. The second kappa shape index (κ2) is 4.93. The van der Waals surface area contributed by atoms with Gasteiger partial charge in [0, 0.05) is 11.1 Å². The Kier molecular flexibility index (Phi) is 3.11. The maximum Gasteiger partial charge on any atom is 0.420 e. The fraction of sp³-hybridized carbons (Fsp3) is 0.154. The van der Waals surface area contributed by atoms with Crippen molar-refractivity contribution in [3.63, 3.8) is 0 Å². The quantitative estimate of drug-likeness (QED) is 0.800. The smallest absolute Gasteiger partial charge is 0.408 e. The van der Waals surface area contributed by atoms with Crippen molar-refractivity contribution in [3.8, 4) is 0 Å². The highest BCUT2D eigenvalue weighted by Gasteiger charge is 2.13. The first-order valence-electron chi connectivity index (χ1n) is 5.94. The summed E-state index contributed by atoms with van der Waals surface area (Å²) in [5.41, 5.74) is 1.07. The number of nitrogens with one attached hydrogen (secondary N) is 1. The van der Waals surface area contributed by atoms with Crippen LogP contribution in [0.2, 0.25) is 0 Å². The number of thiazole rings is 1. The molecule has 0 aliphatic heterocycles. The van der Waals surface area contributed by atoms with Gasteiger partial charge in [0.05, 0.1) is 5.52 Å². The molecule has 1 N–H and O–H groups in total. The molecule has 1 aromatic carbocycles. The van der Waals surface area contributed by atoms with Crippen molar-refractivity contribution in [3.05, 3.63) is 45.9 Å². The molecule has 102 valence electrons. The Labute approximate surface area is 117 Å². The van der Waals surface area contributed by atoms with Gasteiger partial charge in [-0.1, -0.05) is 12.1 Å². The van der Waals surface area contributed by atoms with E-state index in [9.17, 15) is 9.59 Å². The van der Waals surface area contributed by atoms with Crippen LogP contribution in [-0.4, -0.2) is 15.5 Å². The highest BCUT2D eigenvalue weighted by Crippen LogP contribution is 2.17. The number of hydrogen-bond donors (Lipinski definition) is 1. The first-order chi connectivity index (χ1) is 9.63. The molecule has 0 unspecified atom stereocenters. The van der Waals surface area contributed by atoms with Crippen molar-refractivity contribution in [1.82, 2.24) is 9.55 Å². The molecule has 0 fully saturated rings. The molecule has 0 spiro atoms. The highest BCUT2D eigenvalue weighted by atomic mass is 32.1. The van der Waals surface area contributed by atoms with E-state index in [2.05, 4.69) is 10.3 Å². The van der Waals surface area contributed by atoms with Gasteiger partial charge in [-0.05, 0) is 19.1 Å². The molecule has 0 atom stereocenters. The normalized spacial score (nSPS) is 10.8. The van der Waals surface area contributed by atoms with Gasteiger partial charge in [0.15, 0.2) is 10.7 Å². The van der Waals surface area contributed by atoms with E-state index >= 15 is 0 Å². The van der Waals surface area contributed by atoms with Gasteiger partial charge < -0.3 is 9.73 Å². The first-order valence-corrected chi connectivity index (χ1v) is 6.76. The minimum atomic E-state index is -0.545. The molecule has 2 aromatic heterocycles. The third-order valence-electron chi connectivity index (χ3n) is 2.74. The molecule has 1 amide bonds.